The van der Waals surface area contributed by atoms with Crippen molar-refractivity contribution in [3.8, 4) is 0 Å². The van der Waals surface area contributed by atoms with Crippen molar-refractivity contribution >= 4 is 44.8 Å². The van der Waals surface area contributed by atoms with Crippen molar-refractivity contribution in [1.82, 2.24) is 4.72 Å². The second kappa shape index (κ2) is 7.31. The van der Waals surface area contributed by atoms with E-state index < -0.39 is 22.0 Å². The first-order valence-electron chi connectivity index (χ1n) is 6.63. The van der Waals surface area contributed by atoms with Gasteiger partial charge < -0.3 is 5.32 Å². The van der Waals surface area contributed by atoms with Crippen LogP contribution >= 0.6 is 23.2 Å². The number of benzene rings is 2. The van der Waals surface area contributed by atoms with Gasteiger partial charge in [-0.15, -0.1) is 0 Å². The van der Waals surface area contributed by atoms with Crippen molar-refractivity contribution in [3.63, 3.8) is 0 Å². The van der Waals surface area contributed by atoms with Gasteiger partial charge in [-0.2, -0.15) is 4.72 Å². The molecule has 2 N–H and O–H groups in total. The molecule has 0 saturated heterocycles. The van der Waals surface area contributed by atoms with Crippen molar-refractivity contribution < 1.29 is 13.2 Å². The highest BCUT2D eigenvalue weighted by Crippen LogP contribution is 2.29. The molecule has 0 spiro atoms. The minimum absolute atomic E-state index is 0.0791. The quantitative estimate of drug-likeness (QED) is 0.845. The molecule has 0 aliphatic heterocycles. The Morgan fingerprint density at radius 3 is 2.13 bits per heavy atom. The molecule has 2 aromatic carbocycles. The fraction of sp³-hybridized carbons (Fsp3) is 0.133. The first kappa shape index (κ1) is 17.7. The highest BCUT2D eigenvalue weighted by Gasteiger charge is 2.22. The van der Waals surface area contributed by atoms with E-state index in [1.54, 1.807) is 36.4 Å². The van der Waals surface area contributed by atoms with Crippen LogP contribution in [0.25, 0.3) is 0 Å². The molecule has 0 heterocycles. The lowest BCUT2D eigenvalue weighted by Crippen LogP contribution is -2.41. The summed E-state index contributed by atoms with van der Waals surface area (Å²) < 4.78 is 26.7. The number of halogens is 2. The molecule has 0 aromatic heterocycles. The molecule has 23 heavy (non-hydrogen) atoms. The minimum Gasteiger partial charge on any atom is -0.322 e. The van der Waals surface area contributed by atoms with Crippen LogP contribution in [0.5, 0.6) is 0 Å². The van der Waals surface area contributed by atoms with Crippen LogP contribution in [0.1, 0.15) is 6.92 Å². The van der Waals surface area contributed by atoms with E-state index in [1.807, 2.05) is 0 Å². The van der Waals surface area contributed by atoms with E-state index in [1.165, 1.54) is 19.1 Å². The van der Waals surface area contributed by atoms with Crippen LogP contribution in [0.2, 0.25) is 10.0 Å². The van der Waals surface area contributed by atoms with Crippen molar-refractivity contribution in [3.05, 3.63) is 58.6 Å². The Kier molecular flexibility index (Phi) is 5.64. The summed E-state index contributed by atoms with van der Waals surface area (Å²) in [6.45, 7) is 1.43. The molecule has 0 aliphatic rings. The summed E-state index contributed by atoms with van der Waals surface area (Å²) in [4.78, 5) is 12.2. The summed E-state index contributed by atoms with van der Waals surface area (Å²) in [5.41, 5.74) is 0.242. The standard InChI is InChI=1S/C15H14Cl2N2O3S/c1-10(19-23(21,22)11-6-3-2-4-7-11)15(20)18-14-12(16)8-5-9-13(14)17/h2-10,19H,1H3,(H,18,20)/t10-/m1/s1. The molecule has 0 saturated carbocycles. The number of anilines is 1. The van der Waals surface area contributed by atoms with Crippen LogP contribution in [0.3, 0.4) is 0 Å². The number of carbonyl (C=O) groups is 1. The zero-order valence-electron chi connectivity index (χ0n) is 12.1. The van der Waals surface area contributed by atoms with Gasteiger partial charge in [0, 0.05) is 0 Å². The van der Waals surface area contributed by atoms with Gasteiger partial charge in [-0.3, -0.25) is 4.79 Å². The smallest absolute Gasteiger partial charge is 0.242 e. The number of hydrogen-bond donors (Lipinski definition) is 2. The highest BCUT2D eigenvalue weighted by molar-refractivity contribution is 7.89. The maximum Gasteiger partial charge on any atom is 0.242 e. The van der Waals surface area contributed by atoms with Crippen LogP contribution in [-0.2, 0) is 14.8 Å². The first-order chi connectivity index (χ1) is 10.8. The van der Waals surface area contributed by atoms with Gasteiger partial charge in [0.05, 0.1) is 26.7 Å². The Morgan fingerprint density at radius 2 is 1.57 bits per heavy atom. The third-order valence-corrected chi connectivity index (χ3v) is 5.18. The lowest BCUT2D eigenvalue weighted by atomic mass is 10.3. The van der Waals surface area contributed by atoms with Gasteiger partial charge in [0.25, 0.3) is 0 Å². The zero-order valence-corrected chi connectivity index (χ0v) is 14.4. The molecule has 0 unspecified atom stereocenters. The Balaban J connectivity index is 2.12. The summed E-state index contributed by atoms with van der Waals surface area (Å²) in [6.07, 6.45) is 0. The van der Waals surface area contributed by atoms with E-state index in [0.29, 0.717) is 0 Å². The second-order valence-corrected chi connectivity index (χ2v) is 7.27. The third kappa shape index (κ3) is 4.45. The van der Waals surface area contributed by atoms with E-state index >= 15 is 0 Å². The van der Waals surface area contributed by atoms with Crippen molar-refractivity contribution in [1.29, 1.82) is 0 Å². The van der Waals surface area contributed by atoms with Crippen LogP contribution in [0.15, 0.2) is 53.4 Å². The molecule has 0 fully saturated rings. The second-order valence-electron chi connectivity index (χ2n) is 4.74. The van der Waals surface area contributed by atoms with E-state index in [9.17, 15) is 13.2 Å². The molecule has 2 aromatic rings. The monoisotopic (exact) mass is 372 g/mol. The number of rotatable bonds is 5. The number of para-hydroxylation sites is 1. The summed E-state index contributed by atoms with van der Waals surface area (Å²) in [5.74, 6) is -0.570. The Bertz CT molecular complexity index is 790. The summed E-state index contributed by atoms with van der Waals surface area (Å²) in [5, 5.41) is 3.06. The number of sulfonamides is 1. The van der Waals surface area contributed by atoms with Gasteiger partial charge in [0.1, 0.15) is 0 Å². The lowest BCUT2D eigenvalue weighted by molar-refractivity contribution is -0.117. The normalized spacial score (nSPS) is 12.7. The van der Waals surface area contributed by atoms with Gasteiger partial charge in [0.2, 0.25) is 15.9 Å². The SMILES string of the molecule is C[C@@H](NS(=O)(=O)c1ccccc1)C(=O)Nc1c(Cl)cccc1Cl. The Morgan fingerprint density at radius 1 is 1.00 bits per heavy atom. The lowest BCUT2D eigenvalue weighted by Gasteiger charge is -2.15. The molecule has 122 valence electrons. The highest BCUT2D eigenvalue weighted by atomic mass is 35.5. The van der Waals surface area contributed by atoms with Gasteiger partial charge >= 0.3 is 0 Å². The number of amides is 1. The fourth-order valence-corrected chi connectivity index (χ4v) is 3.52. The Labute approximate surface area is 144 Å². The van der Waals surface area contributed by atoms with Gasteiger partial charge in [0.15, 0.2) is 0 Å². The van der Waals surface area contributed by atoms with Crippen molar-refractivity contribution in [2.45, 2.75) is 17.9 Å². The zero-order chi connectivity index (χ0) is 17.0. The van der Waals surface area contributed by atoms with Crippen molar-refractivity contribution in [2.24, 2.45) is 0 Å². The predicted octanol–water partition coefficient (Wildman–Crippen LogP) is 3.30. The van der Waals surface area contributed by atoms with E-state index in [2.05, 4.69) is 10.0 Å². The average Bonchev–Trinajstić information content (AvgIpc) is 2.51. The molecular formula is C15H14Cl2N2O3S. The van der Waals surface area contributed by atoms with Crippen LogP contribution in [-0.4, -0.2) is 20.4 Å². The summed E-state index contributed by atoms with van der Waals surface area (Å²) >= 11 is 11.9. The maximum atomic E-state index is 12.2. The van der Waals surface area contributed by atoms with E-state index in [0.717, 1.165) is 0 Å². The van der Waals surface area contributed by atoms with Crippen LogP contribution < -0.4 is 10.0 Å². The summed E-state index contributed by atoms with van der Waals surface area (Å²) in [7, 11) is -3.79. The molecule has 0 bridgehead atoms. The minimum atomic E-state index is -3.79. The maximum absolute atomic E-state index is 12.2. The Hall–Kier alpha value is -1.60. The van der Waals surface area contributed by atoms with Crippen LogP contribution in [0.4, 0.5) is 5.69 Å². The predicted molar refractivity (Wildman–Crippen MR) is 91.3 cm³/mol. The number of hydrogen-bond acceptors (Lipinski definition) is 3. The van der Waals surface area contributed by atoms with Crippen LogP contribution in [0, 0.1) is 0 Å². The molecule has 1 amide bonds. The number of carbonyl (C=O) groups excluding carboxylic acids is 1. The van der Waals surface area contributed by atoms with Gasteiger partial charge in [-0.05, 0) is 31.2 Å². The number of nitrogens with one attached hydrogen (secondary N) is 2. The fourth-order valence-electron chi connectivity index (χ4n) is 1.80. The third-order valence-electron chi connectivity index (χ3n) is 2.99. The molecule has 0 radical (unpaired) electrons. The molecule has 0 aliphatic carbocycles. The van der Waals surface area contributed by atoms with E-state index in [-0.39, 0.29) is 20.6 Å². The van der Waals surface area contributed by atoms with E-state index in [4.69, 9.17) is 23.2 Å². The molecule has 5 nitrogen and oxygen atoms in total. The first-order valence-corrected chi connectivity index (χ1v) is 8.87. The molecule has 8 heteroatoms. The van der Waals surface area contributed by atoms with Crippen molar-refractivity contribution in [2.75, 3.05) is 5.32 Å². The molecular weight excluding hydrogens is 359 g/mol. The van der Waals surface area contributed by atoms with Gasteiger partial charge in [-0.1, -0.05) is 47.5 Å². The largest absolute Gasteiger partial charge is 0.322 e. The topological polar surface area (TPSA) is 75.3 Å². The van der Waals surface area contributed by atoms with Gasteiger partial charge in [-0.25, -0.2) is 8.42 Å². The molecule has 1 atom stereocenters. The summed E-state index contributed by atoms with van der Waals surface area (Å²) in [6, 6.07) is 11.6. The average molecular weight is 373 g/mol. The molecule has 2 rings (SSSR count).